The highest BCUT2D eigenvalue weighted by atomic mass is 35.5. The van der Waals surface area contributed by atoms with Crippen LogP contribution in [0.15, 0.2) is 54.9 Å². The molecule has 4 rings (SSSR count). The van der Waals surface area contributed by atoms with E-state index in [-0.39, 0.29) is 0 Å². The summed E-state index contributed by atoms with van der Waals surface area (Å²) in [4.78, 5) is 18.0. The lowest BCUT2D eigenvalue weighted by atomic mass is 10.3. The molecule has 0 spiro atoms. The molecule has 1 aliphatic heterocycles. The molecule has 0 amide bonds. The van der Waals surface area contributed by atoms with Crippen LogP contribution in [0.2, 0.25) is 5.02 Å². The highest BCUT2D eigenvalue weighted by Gasteiger charge is 2.19. The zero-order valence-corrected chi connectivity index (χ0v) is 16.3. The Balaban J connectivity index is 1.42. The number of benzene rings is 1. The molecule has 1 fully saturated rings. The number of pyridine rings is 1. The number of anilines is 4. The molecular weight excluding hydrogens is 376 g/mol. The molecular formula is C20H21ClN6O. The molecule has 3 aromatic rings. The predicted molar refractivity (Wildman–Crippen MR) is 112 cm³/mol. The summed E-state index contributed by atoms with van der Waals surface area (Å²) in [6.07, 6.45) is 3.59. The van der Waals surface area contributed by atoms with Gasteiger partial charge in [0.1, 0.15) is 17.4 Å². The van der Waals surface area contributed by atoms with Crippen LogP contribution in [0.5, 0.6) is 5.75 Å². The van der Waals surface area contributed by atoms with Crippen LogP contribution >= 0.6 is 11.6 Å². The van der Waals surface area contributed by atoms with Crippen LogP contribution in [0.25, 0.3) is 0 Å². The Bertz CT molecular complexity index is 931. The number of hydrogen-bond acceptors (Lipinski definition) is 7. The summed E-state index contributed by atoms with van der Waals surface area (Å²) in [5.74, 6) is 3.08. The first-order chi connectivity index (χ1) is 13.7. The first kappa shape index (κ1) is 18.3. The van der Waals surface area contributed by atoms with Gasteiger partial charge in [-0.25, -0.2) is 9.97 Å². The molecule has 1 N–H and O–H groups in total. The summed E-state index contributed by atoms with van der Waals surface area (Å²) >= 11 is 6.19. The van der Waals surface area contributed by atoms with Gasteiger partial charge >= 0.3 is 0 Å². The molecule has 1 aromatic carbocycles. The summed E-state index contributed by atoms with van der Waals surface area (Å²) in [6, 6.07) is 13.4. The number of halogens is 1. The molecule has 0 radical (unpaired) electrons. The van der Waals surface area contributed by atoms with Crippen LogP contribution in [0.3, 0.4) is 0 Å². The van der Waals surface area contributed by atoms with Crippen LogP contribution in [0.1, 0.15) is 0 Å². The Morgan fingerprint density at radius 2 is 1.71 bits per heavy atom. The fourth-order valence-electron chi connectivity index (χ4n) is 3.16. The van der Waals surface area contributed by atoms with Gasteiger partial charge in [-0.05, 0) is 36.4 Å². The van der Waals surface area contributed by atoms with E-state index >= 15 is 0 Å². The molecule has 28 heavy (non-hydrogen) atoms. The van der Waals surface area contributed by atoms with Gasteiger partial charge in [-0.3, -0.25) is 0 Å². The van der Waals surface area contributed by atoms with E-state index in [0.717, 1.165) is 43.5 Å². The Labute approximate surface area is 169 Å². The number of aromatic nitrogens is 3. The topological polar surface area (TPSA) is 66.4 Å². The summed E-state index contributed by atoms with van der Waals surface area (Å²) in [6.45, 7) is 3.55. The molecule has 0 saturated carbocycles. The Morgan fingerprint density at radius 3 is 2.39 bits per heavy atom. The molecule has 0 aliphatic carbocycles. The van der Waals surface area contributed by atoms with E-state index in [1.165, 1.54) is 0 Å². The molecule has 144 valence electrons. The zero-order chi connectivity index (χ0) is 19.3. The average Bonchev–Trinajstić information content (AvgIpc) is 2.75. The van der Waals surface area contributed by atoms with Gasteiger partial charge in [0.05, 0.1) is 12.1 Å². The van der Waals surface area contributed by atoms with Crippen molar-refractivity contribution in [2.45, 2.75) is 0 Å². The van der Waals surface area contributed by atoms with Crippen molar-refractivity contribution < 1.29 is 4.74 Å². The molecule has 7 nitrogen and oxygen atoms in total. The summed E-state index contributed by atoms with van der Waals surface area (Å²) in [5, 5.41) is 3.74. The van der Waals surface area contributed by atoms with E-state index in [1.807, 2.05) is 42.6 Å². The monoisotopic (exact) mass is 396 g/mol. The molecule has 2 aromatic heterocycles. The molecule has 3 heterocycles. The van der Waals surface area contributed by atoms with Crippen molar-refractivity contribution in [3.05, 3.63) is 59.9 Å². The van der Waals surface area contributed by atoms with Crippen LogP contribution in [0.4, 0.5) is 23.3 Å². The van der Waals surface area contributed by atoms with Crippen molar-refractivity contribution in [1.82, 2.24) is 15.0 Å². The van der Waals surface area contributed by atoms with Gasteiger partial charge in [0, 0.05) is 44.3 Å². The van der Waals surface area contributed by atoms with Crippen molar-refractivity contribution in [2.24, 2.45) is 0 Å². The fourth-order valence-corrected chi connectivity index (χ4v) is 3.42. The van der Waals surface area contributed by atoms with Crippen LogP contribution in [-0.4, -0.2) is 48.2 Å². The molecule has 8 heteroatoms. The van der Waals surface area contributed by atoms with Crippen molar-refractivity contribution in [2.75, 3.05) is 48.4 Å². The quantitative estimate of drug-likeness (QED) is 0.706. The molecule has 0 atom stereocenters. The maximum Gasteiger partial charge on any atom is 0.229 e. The second-order valence-electron chi connectivity index (χ2n) is 6.37. The maximum atomic E-state index is 6.19. The van der Waals surface area contributed by atoms with Crippen molar-refractivity contribution in [3.63, 3.8) is 0 Å². The minimum Gasteiger partial charge on any atom is -0.495 e. The Morgan fingerprint density at radius 1 is 0.929 bits per heavy atom. The average molecular weight is 397 g/mol. The fraction of sp³-hybridized carbons (Fsp3) is 0.250. The smallest absolute Gasteiger partial charge is 0.229 e. The summed E-state index contributed by atoms with van der Waals surface area (Å²) in [5.41, 5.74) is 0.808. The normalized spacial score (nSPS) is 14.1. The van der Waals surface area contributed by atoms with Crippen molar-refractivity contribution >= 4 is 34.9 Å². The molecule has 0 bridgehead atoms. The lowest BCUT2D eigenvalue weighted by Gasteiger charge is -2.36. The third kappa shape index (κ3) is 4.09. The molecule has 1 saturated heterocycles. The van der Waals surface area contributed by atoms with E-state index in [9.17, 15) is 0 Å². The maximum absolute atomic E-state index is 6.19. The van der Waals surface area contributed by atoms with Crippen molar-refractivity contribution in [3.8, 4) is 5.75 Å². The zero-order valence-electron chi connectivity index (χ0n) is 15.5. The highest BCUT2D eigenvalue weighted by Crippen LogP contribution is 2.28. The third-order valence-corrected chi connectivity index (χ3v) is 4.92. The largest absolute Gasteiger partial charge is 0.495 e. The number of hydrogen-bond donors (Lipinski definition) is 1. The summed E-state index contributed by atoms with van der Waals surface area (Å²) < 4.78 is 5.18. The Kier molecular flexibility index (Phi) is 5.43. The van der Waals surface area contributed by atoms with Gasteiger partial charge in [0.25, 0.3) is 0 Å². The van der Waals surface area contributed by atoms with E-state index in [2.05, 4.69) is 30.1 Å². The van der Waals surface area contributed by atoms with Crippen LogP contribution in [-0.2, 0) is 0 Å². The van der Waals surface area contributed by atoms with Crippen molar-refractivity contribution in [1.29, 1.82) is 0 Å². The lowest BCUT2D eigenvalue weighted by molar-refractivity contribution is 0.415. The Hall–Kier alpha value is -3.06. The second-order valence-corrected chi connectivity index (χ2v) is 6.78. The first-order valence-electron chi connectivity index (χ1n) is 9.07. The van der Waals surface area contributed by atoms with Crippen LogP contribution in [0, 0.1) is 0 Å². The number of nitrogens with zero attached hydrogens (tertiary/aromatic N) is 5. The summed E-state index contributed by atoms with van der Waals surface area (Å²) in [7, 11) is 1.59. The number of piperazine rings is 1. The van der Waals surface area contributed by atoms with Gasteiger partial charge in [-0.15, -0.1) is 0 Å². The minimum absolute atomic E-state index is 0.533. The lowest BCUT2D eigenvalue weighted by Crippen LogP contribution is -2.47. The second kappa shape index (κ2) is 8.31. The minimum atomic E-state index is 0.533. The van der Waals surface area contributed by atoms with Gasteiger partial charge in [-0.2, -0.15) is 4.98 Å². The van der Waals surface area contributed by atoms with Gasteiger partial charge < -0.3 is 19.9 Å². The van der Waals surface area contributed by atoms with E-state index in [1.54, 1.807) is 19.4 Å². The van der Waals surface area contributed by atoms with E-state index < -0.39 is 0 Å². The van der Waals surface area contributed by atoms with Gasteiger partial charge in [0.15, 0.2) is 0 Å². The first-order valence-corrected chi connectivity index (χ1v) is 9.45. The highest BCUT2D eigenvalue weighted by molar-refractivity contribution is 6.32. The number of nitrogens with one attached hydrogen (secondary N) is 1. The standard InChI is InChI=1S/C20H21ClN6O/c1-28-17-6-5-15(14-16(17)21)24-20-23-9-7-19(25-20)27-12-10-26(11-13-27)18-4-2-3-8-22-18/h2-9,14H,10-13H2,1H3,(H,23,24,25). The van der Waals surface area contributed by atoms with Gasteiger partial charge in [-0.1, -0.05) is 17.7 Å². The predicted octanol–water partition coefficient (Wildman–Crippen LogP) is 3.60. The number of rotatable bonds is 5. The molecule has 0 unspecified atom stereocenters. The van der Waals surface area contributed by atoms with Crippen LogP contribution < -0.4 is 19.9 Å². The molecule has 1 aliphatic rings. The van der Waals surface area contributed by atoms with Gasteiger partial charge in [0.2, 0.25) is 5.95 Å². The van der Waals surface area contributed by atoms with E-state index in [4.69, 9.17) is 16.3 Å². The SMILES string of the molecule is COc1ccc(Nc2nccc(N3CCN(c4ccccn4)CC3)n2)cc1Cl. The number of ether oxygens (including phenoxy) is 1. The number of methoxy groups -OCH3 is 1. The third-order valence-electron chi connectivity index (χ3n) is 4.63. The van der Waals surface area contributed by atoms with E-state index in [0.29, 0.717) is 16.7 Å².